The maximum atomic E-state index is 12.3. The lowest BCUT2D eigenvalue weighted by Crippen LogP contribution is -2.37. The first-order chi connectivity index (χ1) is 11.2. The number of anilines is 1. The number of carbonyl (C=O) groups is 1. The van der Waals surface area contributed by atoms with Crippen LogP contribution < -0.4 is 10.6 Å². The predicted molar refractivity (Wildman–Crippen MR) is 91.6 cm³/mol. The van der Waals surface area contributed by atoms with Gasteiger partial charge in [-0.1, -0.05) is 0 Å². The van der Waals surface area contributed by atoms with E-state index in [9.17, 15) is 4.79 Å². The highest BCUT2D eigenvalue weighted by Gasteiger charge is 2.21. The number of aromatic nitrogens is 2. The van der Waals surface area contributed by atoms with E-state index in [4.69, 9.17) is 0 Å². The summed E-state index contributed by atoms with van der Waals surface area (Å²) in [6.07, 6.45) is 5.48. The zero-order valence-corrected chi connectivity index (χ0v) is 13.9. The fourth-order valence-electron chi connectivity index (χ4n) is 2.59. The van der Waals surface area contributed by atoms with E-state index in [2.05, 4.69) is 26.7 Å². The van der Waals surface area contributed by atoms with Crippen LogP contribution in [-0.2, 0) is 4.79 Å². The molecule has 0 saturated carbocycles. The molecule has 1 aliphatic heterocycles. The van der Waals surface area contributed by atoms with Crippen molar-refractivity contribution >= 4 is 23.4 Å². The highest BCUT2D eigenvalue weighted by Crippen LogP contribution is 2.28. The third kappa shape index (κ3) is 4.30. The Labute approximate surface area is 140 Å². The van der Waals surface area contributed by atoms with Crippen molar-refractivity contribution in [3.8, 4) is 0 Å². The monoisotopic (exact) mass is 328 g/mol. The zero-order chi connectivity index (χ0) is 16.1. The first-order valence-corrected chi connectivity index (χ1v) is 8.61. The Morgan fingerprint density at radius 1 is 1.35 bits per heavy atom. The molecule has 23 heavy (non-hydrogen) atoms. The van der Waals surface area contributed by atoms with Gasteiger partial charge in [0.1, 0.15) is 0 Å². The smallest absolute Gasteiger partial charge is 0.228 e. The molecule has 1 atom stereocenters. The van der Waals surface area contributed by atoms with Gasteiger partial charge in [-0.2, -0.15) is 0 Å². The predicted octanol–water partition coefficient (Wildman–Crippen LogP) is 2.87. The number of amides is 1. The van der Waals surface area contributed by atoms with Crippen LogP contribution in [0.15, 0.2) is 46.7 Å². The van der Waals surface area contributed by atoms with E-state index < -0.39 is 0 Å². The lowest BCUT2D eigenvalue weighted by molar-refractivity contribution is -0.120. The summed E-state index contributed by atoms with van der Waals surface area (Å²) < 4.78 is 0. The summed E-state index contributed by atoms with van der Waals surface area (Å²) in [6, 6.07) is 7.79. The molecule has 3 rings (SSSR count). The molecule has 0 bridgehead atoms. The number of benzene rings is 1. The molecule has 2 heterocycles. The lowest BCUT2D eigenvalue weighted by Gasteiger charge is -2.22. The Bertz CT molecular complexity index is 672. The summed E-state index contributed by atoms with van der Waals surface area (Å²) >= 11 is 1.51. The van der Waals surface area contributed by atoms with Gasteiger partial charge in [0, 0.05) is 29.5 Å². The van der Waals surface area contributed by atoms with Crippen molar-refractivity contribution in [3.63, 3.8) is 0 Å². The molecule has 1 aromatic heterocycles. The van der Waals surface area contributed by atoms with Crippen LogP contribution in [-0.4, -0.2) is 29.0 Å². The summed E-state index contributed by atoms with van der Waals surface area (Å²) in [5.74, 6) is 0.169. The molecule has 1 aromatic carbocycles. The zero-order valence-electron chi connectivity index (χ0n) is 13.1. The Balaban J connectivity index is 1.66. The normalized spacial score (nSPS) is 17.7. The van der Waals surface area contributed by atoms with Crippen molar-refractivity contribution in [1.29, 1.82) is 0 Å². The third-order valence-corrected chi connectivity index (χ3v) is 4.76. The van der Waals surface area contributed by atoms with Gasteiger partial charge in [0.15, 0.2) is 5.16 Å². The fourth-order valence-corrected chi connectivity index (χ4v) is 3.40. The van der Waals surface area contributed by atoms with Crippen molar-refractivity contribution < 1.29 is 4.79 Å². The Morgan fingerprint density at radius 2 is 2.17 bits per heavy atom. The molecular formula is C17H20N4OS. The maximum Gasteiger partial charge on any atom is 0.228 e. The number of hydrogen-bond donors (Lipinski definition) is 2. The van der Waals surface area contributed by atoms with Gasteiger partial charge < -0.3 is 10.6 Å². The van der Waals surface area contributed by atoms with Crippen LogP contribution >= 0.6 is 11.8 Å². The van der Waals surface area contributed by atoms with E-state index in [1.165, 1.54) is 11.8 Å². The van der Waals surface area contributed by atoms with Crippen molar-refractivity contribution in [2.45, 2.75) is 29.8 Å². The van der Waals surface area contributed by atoms with Crippen molar-refractivity contribution in [2.75, 3.05) is 18.4 Å². The van der Waals surface area contributed by atoms with Gasteiger partial charge in [-0.25, -0.2) is 9.97 Å². The molecule has 6 heteroatoms. The Hall–Kier alpha value is -1.92. The van der Waals surface area contributed by atoms with E-state index >= 15 is 0 Å². The SMILES string of the molecule is Cc1cc(Sc2ncccn2)ccc1NC(=O)C1CCCNC1. The first kappa shape index (κ1) is 16.0. The summed E-state index contributed by atoms with van der Waals surface area (Å²) in [4.78, 5) is 21.8. The highest BCUT2D eigenvalue weighted by molar-refractivity contribution is 7.99. The third-order valence-electron chi connectivity index (χ3n) is 3.87. The molecule has 1 aliphatic rings. The summed E-state index contributed by atoms with van der Waals surface area (Å²) in [5, 5.41) is 7.05. The number of nitrogens with one attached hydrogen (secondary N) is 2. The van der Waals surface area contributed by atoms with Crippen LogP contribution in [0.5, 0.6) is 0 Å². The average Bonchev–Trinajstić information content (AvgIpc) is 2.59. The van der Waals surface area contributed by atoms with Crippen LogP contribution in [0.4, 0.5) is 5.69 Å². The molecule has 1 saturated heterocycles. The fraction of sp³-hybridized carbons (Fsp3) is 0.353. The van der Waals surface area contributed by atoms with Crippen LogP contribution in [0.1, 0.15) is 18.4 Å². The minimum atomic E-state index is 0.0647. The van der Waals surface area contributed by atoms with Crippen molar-refractivity contribution in [2.24, 2.45) is 5.92 Å². The van der Waals surface area contributed by atoms with Gasteiger partial charge in [-0.15, -0.1) is 0 Å². The minimum Gasteiger partial charge on any atom is -0.326 e. The lowest BCUT2D eigenvalue weighted by atomic mass is 9.98. The second-order valence-electron chi connectivity index (χ2n) is 5.64. The molecule has 0 radical (unpaired) electrons. The van der Waals surface area contributed by atoms with E-state index in [-0.39, 0.29) is 11.8 Å². The molecule has 1 fully saturated rings. The molecule has 1 amide bonds. The number of carbonyl (C=O) groups excluding carboxylic acids is 1. The molecule has 2 aromatic rings. The summed E-state index contributed by atoms with van der Waals surface area (Å²) in [5.41, 5.74) is 1.92. The molecule has 5 nitrogen and oxygen atoms in total. The largest absolute Gasteiger partial charge is 0.326 e. The van der Waals surface area contributed by atoms with Crippen LogP contribution in [0.2, 0.25) is 0 Å². The number of nitrogens with zero attached hydrogens (tertiary/aromatic N) is 2. The van der Waals surface area contributed by atoms with Gasteiger partial charge in [0.05, 0.1) is 5.92 Å². The number of piperidine rings is 1. The minimum absolute atomic E-state index is 0.0647. The van der Waals surface area contributed by atoms with Crippen LogP contribution in [0.25, 0.3) is 0 Å². The number of hydrogen-bond acceptors (Lipinski definition) is 5. The van der Waals surface area contributed by atoms with Crippen LogP contribution in [0.3, 0.4) is 0 Å². The molecule has 120 valence electrons. The van der Waals surface area contributed by atoms with E-state index in [1.807, 2.05) is 19.1 Å². The van der Waals surface area contributed by atoms with Gasteiger partial charge >= 0.3 is 0 Å². The number of rotatable bonds is 4. The topological polar surface area (TPSA) is 66.9 Å². The molecule has 2 N–H and O–H groups in total. The maximum absolute atomic E-state index is 12.3. The van der Waals surface area contributed by atoms with Gasteiger partial charge in [0.25, 0.3) is 0 Å². The van der Waals surface area contributed by atoms with E-state index in [0.717, 1.165) is 47.2 Å². The summed E-state index contributed by atoms with van der Waals surface area (Å²) in [6.45, 7) is 3.78. The number of aryl methyl sites for hydroxylation is 1. The Kier molecular flexibility index (Phi) is 5.25. The quantitative estimate of drug-likeness (QED) is 0.845. The second-order valence-corrected chi connectivity index (χ2v) is 6.68. The van der Waals surface area contributed by atoms with Gasteiger partial charge in [0.2, 0.25) is 5.91 Å². The Morgan fingerprint density at radius 3 is 2.87 bits per heavy atom. The summed E-state index contributed by atoms with van der Waals surface area (Å²) in [7, 11) is 0. The van der Waals surface area contributed by atoms with Gasteiger partial charge in [-0.3, -0.25) is 4.79 Å². The van der Waals surface area contributed by atoms with Gasteiger partial charge in [-0.05, 0) is 67.9 Å². The highest BCUT2D eigenvalue weighted by atomic mass is 32.2. The van der Waals surface area contributed by atoms with Crippen molar-refractivity contribution in [1.82, 2.24) is 15.3 Å². The molecule has 0 aliphatic carbocycles. The molecule has 1 unspecified atom stereocenters. The standard InChI is InChI=1S/C17H20N4OS/c1-12-10-14(23-17-19-8-3-9-20-17)5-6-15(12)21-16(22)13-4-2-7-18-11-13/h3,5-6,8-10,13,18H,2,4,7,11H2,1H3,(H,21,22). The molecular weight excluding hydrogens is 308 g/mol. The van der Waals surface area contributed by atoms with E-state index in [0.29, 0.717) is 0 Å². The second kappa shape index (κ2) is 7.57. The first-order valence-electron chi connectivity index (χ1n) is 7.79. The average molecular weight is 328 g/mol. The van der Waals surface area contributed by atoms with Crippen molar-refractivity contribution in [3.05, 3.63) is 42.2 Å². The van der Waals surface area contributed by atoms with Crippen LogP contribution in [0, 0.1) is 12.8 Å². The van der Waals surface area contributed by atoms with E-state index in [1.54, 1.807) is 18.5 Å². The molecule has 0 spiro atoms.